The van der Waals surface area contributed by atoms with E-state index in [0.717, 1.165) is 50.9 Å². The SMILES string of the molecule is O=C(c1ccc(F)cc1F)N1CCCC1C1CCNCC1. The second-order valence-corrected chi connectivity index (χ2v) is 5.92. The first-order chi connectivity index (χ1) is 10.2. The van der Waals surface area contributed by atoms with Crippen molar-refractivity contribution in [3.63, 3.8) is 0 Å². The summed E-state index contributed by atoms with van der Waals surface area (Å²) in [5.74, 6) is -1.23. The third kappa shape index (κ3) is 2.93. The third-order valence-corrected chi connectivity index (χ3v) is 4.65. The molecule has 1 atom stereocenters. The Kier molecular flexibility index (Phi) is 4.19. The number of halogens is 2. The van der Waals surface area contributed by atoms with Gasteiger partial charge in [-0.2, -0.15) is 0 Å². The number of amides is 1. The number of likely N-dealkylation sites (tertiary alicyclic amines) is 1. The van der Waals surface area contributed by atoms with Crippen LogP contribution in [0.1, 0.15) is 36.0 Å². The second kappa shape index (κ2) is 6.10. The summed E-state index contributed by atoms with van der Waals surface area (Å²) in [6, 6.07) is 3.38. The molecule has 0 radical (unpaired) electrons. The number of nitrogens with one attached hydrogen (secondary N) is 1. The smallest absolute Gasteiger partial charge is 0.257 e. The Bertz CT molecular complexity index is 529. The van der Waals surface area contributed by atoms with Crippen LogP contribution in [0.2, 0.25) is 0 Å². The molecule has 5 heteroatoms. The van der Waals surface area contributed by atoms with Gasteiger partial charge in [-0.05, 0) is 56.8 Å². The van der Waals surface area contributed by atoms with Crippen molar-refractivity contribution < 1.29 is 13.6 Å². The molecule has 0 spiro atoms. The number of benzene rings is 1. The van der Waals surface area contributed by atoms with E-state index in [2.05, 4.69) is 5.32 Å². The summed E-state index contributed by atoms with van der Waals surface area (Å²) in [5, 5.41) is 3.32. The van der Waals surface area contributed by atoms with Gasteiger partial charge in [0.05, 0.1) is 5.56 Å². The molecule has 2 fully saturated rings. The standard InChI is InChI=1S/C16H20F2N2O/c17-12-3-4-13(14(18)10-12)16(21)20-9-1-2-15(20)11-5-7-19-8-6-11/h3-4,10-11,15,19H,1-2,5-9H2. The number of piperidine rings is 1. The van der Waals surface area contributed by atoms with Gasteiger partial charge in [0.1, 0.15) is 11.6 Å². The van der Waals surface area contributed by atoms with Gasteiger partial charge in [-0.25, -0.2) is 8.78 Å². The monoisotopic (exact) mass is 294 g/mol. The average Bonchev–Trinajstić information content (AvgIpc) is 2.97. The van der Waals surface area contributed by atoms with Crippen molar-refractivity contribution in [3.8, 4) is 0 Å². The van der Waals surface area contributed by atoms with E-state index < -0.39 is 11.6 Å². The van der Waals surface area contributed by atoms with Crippen LogP contribution in [0.5, 0.6) is 0 Å². The lowest BCUT2D eigenvalue weighted by molar-refractivity contribution is 0.0661. The Labute approximate surface area is 123 Å². The van der Waals surface area contributed by atoms with E-state index in [0.29, 0.717) is 12.5 Å². The normalized spacial score (nSPS) is 23.5. The predicted octanol–water partition coefficient (Wildman–Crippen LogP) is 2.57. The minimum absolute atomic E-state index is 0.0164. The van der Waals surface area contributed by atoms with Crippen LogP contribution in [-0.2, 0) is 0 Å². The van der Waals surface area contributed by atoms with Crippen LogP contribution < -0.4 is 5.32 Å². The molecule has 2 saturated heterocycles. The van der Waals surface area contributed by atoms with Crippen molar-refractivity contribution in [2.75, 3.05) is 19.6 Å². The molecule has 3 rings (SSSR count). The Morgan fingerprint density at radius 3 is 2.67 bits per heavy atom. The lowest BCUT2D eigenvalue weighted by Gasteiger charge is -2.34. The molecule has 1 aromatic rings. The molecule has 3 nitrogen and oxygen atoms in total. The highest BCUT2D eigenvalue weighted by molar-refractivity contribution is 5.94. The van der Waals surface area contributed by atoms with Crippen molar-refractivity contribution in [2.24, 2.45) is 5.92 Å². The Morgan fingerprint density at radius 2 is 1.95 bits per heavy atom. The number of carbonyl (C=O) groups excluding carboxylic acids is 1. The zero-order chi connectivity index (χ0) is 14.8. The second-order valence-electron chi connectivity index (χ2n) is 5.92. The summed E-state index contributed by atoms with van der Waals surface area (Å²) in [5.41, 5.74) is -0.0164. The fourth-order valence-corrected chi connectivity index (χ4v) is 3.58. The molecule has 2 aliphatic heterocycles. The van der Waals surface area contributed by atoms with Gasteiger partial charge in [0.15, 0.2) is 0 Å². The van der Waals surface area contributed by atoms with E-state index in [4.69, 9.17) is 0 Å². The maximum atomic E-state index is 13.8. The zero-order valence-electron chi connectivity index (χ0n) is 11.9. The molecule has 0 aromatic heterocycles. The van der Waals surface area contributed by atoms with Crippen LogP contribution in [-0.4, -0.2) is 36.5 Å². The van der Waals surface area contributed by atoms with Crippen LogP contribution in [0.4, 0.5) is 8.78 Å². The van der Waals surface area contributed by atoms with Crippen LogP contribution in [0.25, 0.3) is 0 Å². The maximum Gasteiger partial charge on any atom is 0.257 e. The van der Waals surface area contributed by atoms with Gasteiger partial charge in [0, 0.05) is 18.7 Å². The first-order valence-corrected chi connectivity index (χ1v) is 7.63. The Hall–Kier alpha value is -1.49. The molecule has 2 aliphatic rings. The highest BCUT2D eigenvalue weighted by Crippen LogP contribution is 2.31. The fourth-order valence-electron chi connectivity index (χ4n) is 3.58. The minimum Gasteiger partial charge on any atom is -0.335 e. The summed E-state index contributed by atoms with van der Waals surface area (Å²) in [4.78, 5) is 14.4. The van der Waals surface area contributed by atoms with Gasteiger partial charge < -0.3 is 10.2 Å². The lowest BCUT2D eigenvalue weighted by Crippen LogP contribution is -2.44. The van der Waals surface area contributed by atoms with Crippen molar-refractivity contribution in [1.82, 2.24) is 10.2 Å². The largest absolute Gasteiger partial charge is 0.335 e. The van der Waals surface area contributed by atoms with E-state index in [9.17, 15) is 13.6 Å². The van der Waals surface area contributed by atoms with Crippen LogP contribution in [0, 0.1) is 17.6 Å². The summed E-state index contributed by atoms with van der Waals surface area (Å²) in [7, 11) is 0. The van der Waals surface area contributed by atoms with Gasteiger partial charge in [-0.15, -0.1) is 0 Å². The summed E-state index contributed by atoms with van der Waals surface area (Å²) in [6.45, 7) is 2.63. The van der Waals surface area contributed by atoms with Crippen LogP contribution in [0.15, 0.2) is 18.2 Å². The molecule has 1 aromatic carbocycles. The number of hydrogen-bond donors (Lipinski definition) is 1. The Balaban J connectivity index is 1.79. The molecule has 1 unspecified atom stereocenters. The van der Waals surface area contributed by atoms with Gasteiger partial charge in [-0.1, -0.05) is 0 Å². The molecule has 0 bridgehead atoms. The van der Waals surface area contributed by atoms with E-state index in [1.54, 1.807) is 4.90 Å². The van der Waals surface area contributed by atoms with Gasteiger partial charge >= 0.3 is 0 Å². The molecule has 0 saturated carbocycles. The van der Waals surface area contributed by atoms with Crippen LogP contribution in [0.3, 0.4) is 0 Å². The zero-order valence-corrected chi connectivity index (χ0v) is 11.9. The summed E-state index contributed by atoms with van der Waals surface area (Å²) >= 11 is 0. The van der Waals surface area contributed by atoms with Crippen molar-refractivity contribution in [2.45, 2.75) is 31.7 Å². The first-order valence-electron chi connectivity index (χ1n) is 7.63. The quantitative estimate of drug-likeness (QED) is 0.909. The predicted molar refractivity (Wildman–Crippen MR) is 76.0 cm³/mol. The van der Waals surface area contributed by atoms with Gasteiger partial charge in [-0.3, -0.25) is 4.79 Å². The molecule has 21 heavy (non-hydrogen) atoms. The van der Waals surface area contributed by atoms with E-state index in [1.165, 1.54) is 6.07 Å². The number of rotatable bonds is 2. The first kappa shape index (κ1) is 14.4. The maximum absolute atomic E-state index is 13.8. The van der Waals surface area contributed by atoms with Crippen molar-refractivity contribution in [1.29, 1.82) is 0 Å². The molecule has 1 amide bonds. The highest BCUT2D eigenvalue weighted by atomic mass is 19.1. The topological polar surface area (TPSA) is 32.3 Å². The van der Waals surface area contributed by atoms with Gasteiger partial charge in [0.25, 0.3) is 5.91 Å². The average molecular weight is 294 g/mol. The van der Waals surface area contributed by atoms with E-state index in [1.807, 2.05) is 0 Å². The third-order valence-electron chi connectivity index (χ3n) is 4.65. The number of hydrogen-bond acceptors (Lipinski definition) is 2. The Morgan fingerprint density at radius 1 is 1.19 bits per heavy atom. The van der Waals surface area contributed by atoms with Crippen molar-refractivity contribution in [3.05, 3.63) is 35.4 Å². The molecule has 0 aliphatic carbocycles. The molecule has 114 valence electrons. The molecular weight excluding hydrogens is 274 g/mol. The molecular formula is C16H20F2N2O. The van der Waals surface area contributed by atoms with E-state index >= 15 is 0 Å². The van der Waals surface area contributed by atoms with Gasteiger partial charge in [0.2, 0.25) is 0 Å². The molecule has 2 heterocycles. The minimum atomic E-state index is -0.768. The van der Waals surface area contributed by atoms with Crippen LogP contribution >= 0.6 is 0 Å². The number of nitrogens with zero attached hydrogens (tertiary/aromatic N) is 1. The highest BCUT2D eigenvalue weighted by Gasteiger charge is 2.36. The fraction of sp³-hybridized carbons (Fsp3) is 0.562. The summed E-state index contributed by atoms with van der Waals surface area (Å²) < 4.78 is 26.8. The number of carbonyl (C=O) groups is 1. The summed E-state index contributed by atoms with van der Waals surface area (Å²) in [6.07, 6.45) is 4.06. The van der Waals surface area contributed by atoms with Crippen molar-refractivity contribution >= 4 is 5.91 Å². The van der Waals surface area contributed by atoms with E-state index in [-0.39, 0.29) is 17.5 Å². The lowest BCUT2D eigenvalue weighted by atomic mass is 9.88. The molecule has 1 N–H and O–H groups in total.